The van der Waals surface area contributed by atoms with Gasteiger partial charge in [0.05, 0.1) is 0 Å². The topological polar surface area (TPSA) is 12.0 Å². The Morgan fingerprint density at radius 1 is 0.950 bits per heavy atom. The maximum Gasteiger partial charge on any atom is 0.123 e. The fraction of sp³-hybridized carbons (Fsp3) is 0.333. The zero-order valence-corrected chi connectivity index (χ0v) is 11.7. The van der Waals surface area contributed by atoms with Gasteiger partial charge in [-0.3, -0.25) is 0 Å². The van der Waals surface area contributed by atoms with Crippen LogP contribution < -0.4 is 5.32 Å². The van der Waals surface area contributed by atoms with Crippen molar-refractivity contribution in [3.8, 4) is 0 Å². The highest BCUT2D eigenvalue weighted by atomic mass is 19.1. The van der Waals surface area contributed by atoms with Crippen molar-refractivity contribution in [2.24, 2.45) is 5.92 Å². The molecule has 0 bridgehead atoms. The van der Waals surface area contributed by atoms with Gasteiger partial charge >= 0.3 is 0 Å². The van der Waals surface area contributed by atoms with Crippen molar-refractivity contribution in [3.05, 3.63) is 71.5 Å². The van der Waals surface area contributed by atoms with Gasteiger partial charge in [0.1, 0.15) is 5.82 Å². The minimum atomic E-state index is -0.178. The van der Waals surface area contributed by atoms with Gasteiger partial charge in [-0.15, -0.1) is 0 Å². The molecule has 0 aromatic heterocycles. The molecule has 1 aliphatic carbocycles. The molecule has 104 valence electrons. The molecule has 1 nitrogen and oxygen atoms in total. The molecule has 2 heteroatoms. The zero-order chi connectivity index (χ0) is 13.9. The van der Waals surface area contributed by atoms with Gasteiger partial charge in [-0.2, -0.15) is 0 Å². The van der Waals surface area contributed by atoms with Crippen molar-refractivity contribution in [1.82, 2.24) is 5.32 Å². The summed E-state index contributed by atoms with van der Waals surface area (Å²) in [5, 5.41) is 3.71. The lowest BCUT2D eigenvalue weighted by molar-refractivity contribution is 0.427. The highest BCUT2D eigenvalue weighted by molar-refractivity contribution is 5.24. The SMILES string of the molecule is C[C@@H](NC(c1ccccc1)C1CC1)c1ccc(F)cc1. The Labute approximate surface area is 119 Å². The van der Waals surface area contributed by atoms with E-state index in [1.165, 1.54) is 30.5 Å². The minimum absolute atomic E-state index is 0.178. The second-order valence-corrected chi connectivity index (χ2v) is 5.67. The van der Waals surface area contributed by atoms with Crippen LogP contribution >= 0.6 is 0 Å². The van der Waals surface area contributed by atoms with Crippen molar-refractivity contribution in [2.45, 2.75) is 31.8 Å². The molecule has 2 aromatic rings. The van der Waals surface area contributed by atoms with Crippen LogP contribution in [0.3, 0.4) is 0 Å². The largest absolute Gasteiger partial charge is 0.303 e. The third-order valence-electron chi connectivity index (χ3n) is 4.05. The maximum absolute atomic E-state index is 13.0. The smallest absolute Gasteiger partial charge is 0.123 e. The maximum atomic E-state index is 13.0. The number of hydrogen-bond donors (Lipinski definition) is 1. The second kappa shape index (κ2) is 5.76. The number of hydrogen-bond acceptors (Lipinski definition) is 1. The molecule has 2 atom stereocenters. The summed E-state index contributed by atoms with van der Waals surface area (Å²) in [6.07, 6.45) is 2.59. The Morgan fingerprint density at radius 3 is 2.20 bits per heavy atom. The third-order valence-corrected chi connectivity index (χ3v) is 4.05. The standard InChI is InChI=1S/C18H20FN/c1-13(14-9-11-17(19)12-10-14)20-18(16-7-8-16)15-5-3-2-4-6-15/h2-6,9-13,16,18,20H,7-8H2,1H3/t13-,18?/m1/s1. The predicted octanol–water partition coefficient (Wildman–Crippen LogP) is 4.63. The molecule has 1 unspecified atom stereocenters. The van der Waals surface area contributed by atoms with Crippen LogP contribution in [0.2, 0.25) is 0 Å². The first-order valence-electron chi connectivity index (χ1n) is 7.30. The third kappa shape index (κ3) is 3.07. The van der Waals surface area contributed by atoms with E-state index in [4.69, 9.17) is 0 Å². The van der Waals surface area contributed by atoms with Crippen LogP contribution in [0, 0.1) is 11.7 Å². The first-order chi connectivity index (χ1) is 9.74. The van der Waals surface area contributed by atoms with Crippen molar-refractivity contribution in [2.75, 3.05) is 0 Å². The molecule has 1 aliphatic rings. The number of nitrogens with one attached hydrogen (secondary N) is 1. The lowest BCUT2D eigenvalue weighted by Crippen LogP contribution is -2.26. The average Bonchev–Trinajstić information content (AvgIpc) is 3.31. The molecule has 1 saturated carbocycles. The van der Waals surface area contributed by atoms with Gasteiger partial charge in [0.15, 0.2) is 0 Å². The van der Waals surface area contributed by atoms with Gasteiger partial charge in [-0.05, 0) is 48.9 Å². The summed E-state index contributed by atoms with van der Waals surface area (Å²) in [6.45, 7) is 2.14. The molecular weight excluding hydrogens is 249 g/mol. The van der Waals surface area contributed by atoms with Crippen LogP contribution in [0.4, 0.5) is 4.39 Å². The van der Waals surface area contributed by atoms with Crippen LogP contribution in [0.25, 0.3) is 0 Å². The highest BCUT2D eigenvalue weighted by Gasteiger charge is 2.32. The van der Waals surface area contributed by atoms with E-state index in [1.54, 1.807) is 0 Å². The first-order valence-corrected chi connectivity index (χ1v) is 7.30. The average molecular weight is 269 g/mol. The van der Waals surface area contributed by atoms with E-state index in [0.29, 0.717) is 6.04 Å². The van der Waals surface area contributed by atoms with Gasteiger partial charge in [0, 0.05) is 12.1 Å². The van der Waals surface area contributed by atoms with Gasteiger partial charge < -0.3 is 5.32 Å². The summed E-state index contributed by atoms with van der Waals surface area (Å²) in [5.41, 5.74) is 2.48. The van der Waals surface area contributed by atoms with Gasteiger partial charge in [0.25, 0.3) is 0 Å². The van der Waals surface area contributed by atoms with E-state index in [-0.39, 0.29) is 11.9 Å². The van der Waals surface area contributed by atoms with E-state index in [0.717, 1.165) is 11.5 Å². The second-order valence-electron chi connectivity index (χ2n) is 5.67. The molecule has 0 amide bonds. The molecular formula is C18H20FN. The van der Waals surface area contributed by atoms with Gasteiger partial charge in [-0.1, -0.05) is 42.5 Å². The zero-order valence-electron chi connectivity index (χ0n) is 11.7. The lowest BCUT2D eigenvalue weighted by Gasteiger charge is -2.24. The Bertz CT molecular complexity index is 545. The van der Waals surface area contributed by atoms with E-state index in [9.17, 15) is 4.39 Å². The highest BCUT2D eigenvalue weighted by Crippen LogP contribution is 2.42. The minimum Gasteiger partial charge on any atom is -0.303 e. The summed E-state index contributed by atoms with van der Waals surface area (Å²) in [7, 11) is 0. The summed E-state index contributed by atoms with van der Waals surface area (Å²) >= 11 is 0. The summed E-state index contributed by atoms with van der Waals surface area (Å²) in [4.78, 5) is 0. The first kappa shape index (κ1) is 13.3. The molecule has 0 heterocycles. The molecule has 0 radical (unpaired) electrons. The van der Waals surface area contributed by atoms with E-state index in [1.807, 2.05) is 12.1 Å². The number of rotatable bonds is 5. The molecule has 2 aromatic carbocycles. The fourth-order valence-corrected chi connectivity index (χ4v) is 2.71. The molecule has 0 aliphatic heterocycles. The van der Waals surface area contributed by atoms with E-state index < -0.39 is 0 Å². The van der Waals surface area contributed by atoms with Crippen molar-refractivity contribution < 1.29 is 4.39 Å². The van der Waals surface area contributed by atoms with Gasteiger partial charge in [0.2, 0.25) is 0 Å². The molecule has 0 saturated heterocycles. The molecule has 1 N–H and O–H groups in total. The Hall–Kier alpha value is -1.67. The van der Waals surface area contributed by atoms with Gasteiger partial charge in [-0.25, -0.2) is 4.39 Å². The Morgan fingerprint density at radius 2 is 1.60 bits per heavy atom. The fourth-order valence-electron chi connectivity index (χ4n) is 2.71. The van der Waals surface area contributed by atoms with Crippen molar-refractivity contribution in [1.29, 1.82) is 0 Å². The number of benzene rings is 2. The van der Waals surface area contributed by atoms with Crippen LogP contribution in [-0.2, 0) is 0 Å². The number of halogens is 1. The molecule has 3 rings (SSSR count). The molecule has 0 spiro atoms. The van der Waals surface area contributed by atoms with E-state index in [2.05, 4.69) is 42.6 Å². The summed E-state index contributed by atoms with van der Waals surface area (Å²) in [6, 6.07) is 18.0. The molecule has 1 fully saturated rings. The van der Waals surface area contributed by atoms with Crippen molar-refractivity contribution >= 4 is 0 Å². The normalized spacial score (nSPS) is 17.7. The predicted molar refractivity (Wildman–Crippen MR) is 79.9 cm³/mol. The lowest BCUT2D eigenvalue weighted by atomic mass is 9.99. The van der Waals surface area contributed by atoms with E-state index >= 15 is 0 Å². The van der Waals surface area contributed by atoms with Crippen LogP contribution in [0.5, 0.6) is 0 Å². The Kier molecular flexibility index (Phi) is 3.83. The monoisotopic (exact) mass is 269 g/mol. The van der Waals surface area contributed by atoms with Crippen molar-refractivity contribution in [3.63, 3.8) is 0 Å². The Balaban J connectivity index is 1.75. The van der Waals surface area contributed by atoms with Crippen LogP contribution in [0.15, 0.2) is 54.6 Å². The quantitative estimate of drug-likeness (QED) is 0.834. The summed E-state index contributed by atoms with van der Waals surface area (Å²) in [5.74, 6) is 0.558. The van der Waals surface area contributed by atoms with Crippen LogP contribution in [-0.4, -0.2) is 0 Å². The molecule has 20 heavy (non-hydrogen) atoms. The summed E-state index contributed by atoms with van der Waals surface area (Å²) < 4.78 is 13.0. The van der Waals surface area contributed by atoms with Crippen LogP contribution in [0.1, 0.15) is 43.0 Å².